The number of para-hydroxylation sites is 1. The molecule has 0 saturated heterocycles. The highest BCUT2D eigenvalue weighted by molar-refractivity contribution is 9.10. The van der Waals surface area contributed by atoms with Crippen LogP contribution in [-0.4, -0.2) is 50.5 Å². The maximum Gasteiger partial charge on any atom is 0.244 e. The van der Waals surface area contributed by atoms with Gasteiger partial charge in [0.05, 0.1) is 11.9 Å². The number of likely N-dealkylation sites (N-methyl/N-ethyl adjacent to an activating group) is 1. The summed E-state index contributed by atoms with van der Waals surface area (Å²) in [5, 5.41) is 2.74. The lowest BCUT2D eigenvalue weighted by Gasteiger charge is -2.32. The van der Waals surface area contributed by atoms with Gasteiger partial charge in [-0.3, -0.25) is 13.9 Å². The van der Waals surface area contributed by atoms with Crippen LogP contribution < -0.4 is 9.62 Å². The van der Waals surface area contributed by atoms with Crippen molar-refractivity contribution >= 4 is 43.5 Å². The van der Waals surface area contributed by atoms with Crippen LogP contribution in [0.3, 0.4) is 0 Å². The molecule has 7 nitrogen and oxygen atoms in total. The number of aryl methyl sites for hydroxylation is 1. The molecule has 2 amide bonds. The molecule has 0 spiro atoms. The average molecular weight is 524 g/mol. The molecule has 9 heteroatoms. The summed E-state index contributed by atoms with van der Waals surface area (Å²) in [5.74, 6) is -0.749. The minimum atomic E-state index is -3.73. The number of amides is 2. The number of carbonyl (C=O) groups excluding carboxylic acids is 2. The zero-order valence-corrected chi connectivity index (χ0v) is 21.2. The summed E-state index contributed by atoms with van der Waals surface area (Å²) in [6.45, 7) is 5.60. The Morgan fingerprint density at radius 1 is 1.06 bits per heavy atom. The molecular weight excluding hydrogens is 494 g/mol. The molecule has 2 aromatic carbocycles. The van der Waals surface area contributed by atoms with Crippen molar-refractivity contribution < 1.29 is 18.0 Å². The first-order valence-electron chi connectivity index (χ1n) is 10.5. The molecule has 32 heavy (non-hydrogen) atoms. The molecule has 0 aliphatic carbocycles. The van der Waals surface area contributed by atoms with Crippen molar-refractivity contribution in [2.45, 2.75) is 39.8 Å². The zero-order valence-electron chi connectivity index (χ0n) is 18.8. The molecule has 0 saturated carbocycles. The fourth-order valence-electron chi connectivity index (χ4n) is 3.34. The van der Waals surface area contributed by atoms with Crippen LogP contribution in [0.2, 0.25) is 0 Å². The predicted octanol–water partition coefficient (Wildman–Crippen LogP) is 3.33. The van der Waals surface area contributed by atoms with Crippen LogP contribution in [0.4, 0.5) is 5.69 Å². The van der Waals surface area contributed by atoms with Crippen molar-refractivity contribution in [2.75, 3.05) is 23.7 Å². The second-order valence-corrected chi connectivity index (χ2v) is 10.3. The highest BCUT2D eigenvalue weighted by atomic mass is 79.9. The first kappa shape index (κ1) is 25.9. The van der Waals surface area contributed by atoms with Gasteiger partial charge in [0, 0.05) is 17.6 Å². The lowest BCUT2D eigenvalue weighted by atomic mass is 10.1. The van der Waals surface area contributed by atoms with Crippen LogP contribution in [0.5, 0.6) is 0 Å². The van der Waals surface area contributed by atoms with E-state index < -0.39 is 28.5 Å². The largest absolute Gasteiger partial charge is 0.355 e. The van der Waals surface area contributed by atoms with E-state index in [0.717, 1.165) is 26.2 Å². The number of benzene rings is 2. The van der Waals surface area contributed by atoms with E-state index in [1.54, 1.807) is 26.0 Å². The van der Waals surface area contributed by atoms with Gasteiger partial charge in [-0.1, -0.05) is 53.2 Å². The number of hydrogen-bond donors (Lipinski definition) is 1. The van der Waals surface area contributed by atoms with Crippen molar-refractivity contribution in [1.82, 2.24) is 10.2 Å². The van der Waals surface area contributed by atoms with E-state index >= 15 is 0 Å². The Kier molecular flexibility index (Phi) is 9.27. The SMILES string of the molecule is CCNC(=O)[C@@H](C)N(Cc1ccc(Br)cc1)C(=O)CN(c1ccccc1CC)S(C)(=O)=O. The molecule has 0 fully saturated rings. The molecule has 0 aliphatic rings. The third-order valence-electron chi connectivity index (χ3n) is 5.10. The second kappa shape index (κ2) is 11.5. The van der Waals surface area contributed by atoms with Gasteiger partial charge in [-0.05, 0) is 49.6 Å². The van der Waals surface area contributed by atoms with Gasteiger partial charge in [-0.2, -0.15) is 0 Å². The maximum absolute atomic E-state index is 13.4. The van der Waals surface area contributed by atoms with E-state index in [9.17, 15) is 18.0 Å². The van der Waals surface area contributed by atoms with E-state index in [1.165, 1.54) is 4.90 Å². The average Bonchev–Trinajstić information content (AvgIpc) is 2.75. The Bertz CT molecular complexity index is 1040. The summed E-state index contributed by atoms with van der Waals surface area (Å²) in [5.41, 5.74) is 2.12. The lowest BCUT2D eigenvalue weighted by molar-refractivity contribution is -0.139. The Labute approximate surface area is 199 Å². The van der Waals surface area contributed by atoms with Gasteiger partial charge in [-0.25, -0.2) is 8.42 Å². The number of carbonyl (C=O) groups is 2. The van der Waals surface area contributed by atoms with Crippen molar-refractivity contribution in [3.05, 3.63) is 64.1 Å². The number of anilines is 1. The van der Waals surface area contributed by atoms with Gasteiger partial charge < -0.3 is 10.2 Å². The summed E-state index contributed by atoms with van der Waals surface area (Å²) < 4.78 is 27.3. The fraction of sp³-hybridized carbons (Fsp3) is 0.391. The number of rotatable bonds is 10. The van der Waals surface area contributed by atoms with Crippen LogP contribution in [-0.2, 0) is 32.6 Å². The van der Waals surface area contributed by atoms with E-state index in [1.807, 2.05) is 43.3 Å². The smallest absolute Gasteiger partial charge is 0.244 e. The Balaban J connectivity index is 2.41. The van der Waals surface area contributed by atoms with Crippen molar-refractivity contribution in [2.24, 2.45) is 0 Å². The van der Waals surface area contributed by atoms with E-state index in [-0.39, 0.29) is 12.5 Å². The third-order valence-corrected chi connectivity index (χ3v) is 6.76. The quantitative estimate of drug-likeness (QED) is 0.517. The molecule has 0 unspecified atom stereocenters. The minimum Gasteiger partial charge on any atom is -0.355 e. The van der Waals surface area contributed by atoms with Crippen LogP contribution in [0.1, 0.15) is 31.9 Å². The molecule has 0 bridgehead atoms. The molecule has 2 rings (SSSR count). The molecule has 0 radical (unpaired) electrons. The molecular formula is C23H30BrN3O4S. The van der Waals surface area contributed by atoms with Crippen molar-refractivity contribution in [3.63, 3.8) is 0 Å². The summed E-state index contributed by atoms with van der Waals surface area (Å²) in [4.78, 5) is 27.4. The number of sulfonamides is 1. The number of halogens is 1. The summed E-state index contributed by atoms with van der Waals surface area (Å²) >= 11 is 3.39. The Morgan fingerprint density at radius 3 is 2.25 bits per heavy atom. The van der Waals surface area contributed by atoms with Gasteiger partial charge in [0.15, 0.2) is 0 Å². The maximum atomic E-state index is 13.4. The molecule has 1 atom stereocenters. The van der Waals surface area contributed by atoms with E-state index in [2.05, 4.69) is 21.2 Å². The molecule has 0 aromatic heterocycles. The number of hydrogen-bond acceptors (Lipinski definition) is 4. The predicted molar refractivity (Wildman–Crippen MR) is 131 cm³/mol. The van der Waals surface area contributed by atoms with Gasteiger partial charge in [-0.15, -0.1) is 0 Å². The van der Waals surface area contributed by atoms with Crippen LogP contribution in [0, 0.1) is 0 Å². The second-order valence-electron chi connectivity index (χ2n) is 7.47. The van der Waals surface area contributed by atoms with Crippen LogP contribution >= 0.6 is 15.9 Å². The van der Waals surface area contributed by atoms with E-state index in [4.69, 9.17) is 0 Å². The first-order chi connectivity index (χ1) is 15.1. The van der Waals surface area contributed by atoms with Crippen LogP contribution in [0.25, 0.3) is 0 Å². The molecule has 0 aliphatic heterocycles. The molecule has 2 aromatic rings. The summed E-state index contributed by atoms with van der Waals surface area (Å²) in [7, 11) is -3.73. The van der Waals surface area contributed by atoms with Gasteiger partial charge in [0.1, 0.15) is 12.6 Å². The highest BCUT2D eigenvalue weighted by Gasteiger charge is 2.30. The van der Waals surface area contributed by atoms with Gasteiger partial charge >= 0.3 is 0 Å². The standard InChI is InChI=1S/C23H30BrN3O4S/c1-5-19-9-7-8-10-21(19)27(32(4,30)31)16-22(28)26(17(3)23(29)25-6-2)15-18-11-13-20(24)14-12-18/h7-14,17H,5-6,15-16H2,1-4H3,(H,25,29)/t17-/m1/s1. The van der Waals surface area contributed by atoms with Crippen molar-refractivity contribution in [3.8, 4) is 0 Å². The van der Waals surface area contributed by atoms with E-state index in [0.29, 0.717) is 18.7 Å². The number of nitrogens with one attached hydrogen (secondary N) is 1. The Morgan fingerprint density at radius 2 is 1.69 bits per heavy atom. The lowest BCUT2D eigenvalue weighted by Crippen LogP contribution is -2.51. The topological polar surface area (TPSA) is 86.8 Å². The normalized spacial score (nSPS) is 12.2. The fourth-order valence-corrected chi connectivity index (χ4v) is 4.48. The monoisotopic (exact) mass is 523 g/mol. The molecule has 0 heterocycles. The number of nitrogens with zero attached hydrogens (tertiary/aromatic N) is 2. The van der Waals surface area contributed by atoms with Crippen LogP contribution in [0.15, 0.2) is 53.0 Å². The highest BCUT2D eigenvalue weighted by Crippen LogP contribution is 2.24. The minimum absolute atomic E-state index is 0.178. The van der Waals surface area contributed by atoms with Crippen molar-refractivity contribution in [1.29, 1.82) is 0 Å². The first-order valence-corrected chi connectivity index (χ1v) is 13.1. The summed E-state index contributed by atoms with van der Waals surface area (Å²) in [6, 6.07) is 13.8. The van der Waals surface area contributed by atoms with Gasteiger partial charge in [0.2, 0.25) is 21.8 Å². The molecule has 174 valence electrons. The van der Waals surface area contributed by atoms with Gasteiger partial charge in [0.25, 0.3) is 0 Å². The summed E-state index contributed by atoms with van der Waals surface area (Å²) in [6.07, 6.45) is 1.70. The third kappa shape index (κ3) is 6.80. The zero-order chi connectivity index (χ0) is 23.9. The molecule has 1 N–H and O–H groups in total. The Hall–Kier alpha value is -2.39.